The summed E-state index contributed by atoms with van der Waals surface area (Å²) in [5.74, 6) is 0.668. The van der Waals surface area contributed by atoms with Crippen molar-refractivity contribution in [3.63, 3.8) is 0 Å². The Kier molecular flexibility index (Phi) is 6.23. The molecule has 96 valence electrons. The van der Waals surface area contributed by atoms with Gasteiger partial charge in [0.05, 0.1) is 12.7 Å². The average Bonchev–Trinajstić information content (AvgIpc) is 2.35. The number of benzene rings is 1. The molecule has 2 heteroatoms. The molecule has 0 aliphatic carbocycles. The molecule has 2 atom stereocenters. The Labute approximate surface area is 105 Å². The third kappa shape index (κ3) is 5.33. The third-order valence-electron chi connectivity index (χ3n) is 3.21. The standard InChI is InChI=1S/C15H25NO/c1-12(2)13(3)16-10-11-17-14(4)15-8-6-5-7-9-15/h5-9,12-14,16H,10-11H2,1-4H3. The molecule has 1 aromatic carbocycles. The Bertz CT molecular complexity index is 297. The number of hydrogen-bond acceptors (Lipinski definition) is 2. The molecule has 0 aliphatic heterocycles. The van der Waals surface area contributed by atoms with E-state index in [4.69, 9.17) is 4.74 Å². The van der Waals surface area contributed by atoms with Gasteiger partial charge in [-0.05, 0) is 25.3 Å². The van der Waals surface area contributed by atoms with Crippen LogP contribution in [0.4, 0.5) is 0 Å². The van der Waals surface area contributed by atoms with Crippen LogP contribution < -0.4 is 5.32 Å². The van der Waals surface area contributed by atoms with Gasteiger partial charge >= 0.3 is 0 Å². The molecule has 0 aliphatic rings. The molecular weight excluding hydrogens is 210 g/mol. The number of ether oxygens (including phenoxy) is 1. The van der Waals surface area contributed by atoms with Gasteiger partial charge < -0.3 is 10.1 Å². The lowest BCUT2D eigenvalue weighted by atomic mass is 10.1. The molecule has 0 saturated heterocycles. The Hall–Kier alpha value is -0.860. The topological polar surface area (TPSA) is 21.3 Å². The van der Waals surface area contributed by atoms with Gasteiger partial charge in [0.25, 0.3) is 0 Å². The van der Waals surface area contributed by atoms with E-state index in [0.29, 0.717) is 12.0 Å². The van der Waals surface area contributed by atoms with Crippen molar-refractivity contribution in [1.29, 1.82) is 0 Å². The zero-order chi connectivity index (χ0) is 12.7. The summed E-state index contributed by atoms with van der Waals surface area (Å²) in [5.41, 5.74) is 1.24. The second kappa shape index (κ2) is 7.46. The average molecular weight is 235 g/mol. The van der Waals surface area contributed by atoms with Crippen LogP contribution in [0.25, 0.3) is 0 Å². The number of rotatable bonds is 7. The van der Waals surface area contributed by atoms with E-state index in [-0.39, 0.29) is 6.10 Å². The summed E-state index contributed by atoms with van der Waals surface area (Å²) in [5, 5.41) is 3.46. The maximum Gasteiger partial charge on any atom is 0.0797 e. The third-order valence-corrected chi connectivity index (χ3v) is 3.21. The zero-order valence-electron chi connectivity index (χ0n) is 11.4. The van der Waals surface area contributed by atoms with Crippen molar-refractivity contribution in [2.45, 2.75) is 39.8 Å². The molecule has 0 radical (unpaired) electrons. The van der Waals surface area contributed by atoms with Gasteiger partial charge in [0.15, 0.2) is 0 Å². The molecular formula is C15H25NO. The van der Waals surface area contributed by atoms with Crippen LogP contribution in [0, 0.1) is 5.92 Å². The lowest BCUT2D eigenvalue weighted by Crippen LogP contribution is -2.33. The summed E-state index contributed by atoms with van der Waals surface area (Å²) < 4.78 is 5.80. The Balaban J connectivity index is 2.19. The van der Waals surface area contributed by atoms with Crippen molar-refractivity contribution < 1.29 is 4.74 Å². The van der Waals surface area contributed by atoms with Gasteiger partial charge in [-0.25, -0.2) is 0 Å². The molecule has 0 amide bonds. The van der Waals surface area contributed by atoms with Crippen molar-refractivity contribution in [1.82, 2.24) is 5.32 Å². The monoisotopic (exact) mass is 235 g/mol. The Morgan fingerprint density at radius 2 is 1.71 bits per heavy atom. The molecule has 0 saturated carbocycles. The molecule has 0 spiro atoms. The van der Waals surface area contributed by atoms with Crippen LogP contribution in [0.1, 0.15) is 39.4 Å². The van der Waals surface area contributed by atoms with Crippen LogP contribution in [0.5, 0.6) is 0 Å². The fourth-order valence-corrected chi connectivity index (χ4v) is 1.58. The van der Waals surface area contributed by atoms with Crippen LogP contribution in [0.3, 0.4) is 0 Å². The van der Waals surface area contributed by atoms with Crippen LogP contribution >= 0.6 is 0 Å². The first-order chi connectivity index (χ1) is 8.11. The van der Waals surface area contributed by atoms with E-state index in [2.05, 4.69) is 45.1 Å². The minimum absolute atomic E-state index is 0.173. The maximum absolute atomic E-state index is 5.80. The summed E-state index contributed by atoms with van der Waals surface area (Å²) in [6, 6.07) is 10.9. The molecule has 17 heavy (non-hydrogen) atoms. The number of hydrogen-bond donors (Lipinski definition) is 1. The second-order valence-corrected chi connectivity index (χ2v) is 4.91. The van der Waals surface area contributed by atoms with Gasteiger partial charge in [-0.3, -0.25) is 0 Å². The van der Waals surface area contributed by atoms with Crippen molar-refractivity contribution in [3.05, 3.63) is 35.9 Å². The largest absolute Gasteiger partial charge is 0.373 e. The first kappa shape index (κ1) is 14.2. The number of nitrogens with one attached hydrogen (secondary N) is 1. The molecule has 2 nitrogen and oxygen atoms in total. The summed E-state index contributed by atoms with van der Waals surface area (Å²) in [7, 11) is 0. The first-order valence-corrected chi connectivity index (χ1v) is 6.51. The van der Waals surface area contributed by atoms with Gasteiger partial charge in [-0.2, -0.15) is 0 Å². The van der Waals surface area contributed by atoms with Gasteiger partial charge in [-0.15, -0.1) is 0 Å². The predicted octanol–water partition coefficient (Wildman–Crippen LogP) is 3.40. The van der Waals surface area contributed by atoms with E-state index in [0.717, 1.165) is 13.2 Å². The van der Waals surface area contributed by atoms with Crippen molar-refractivity contribution in [3.8, 4) is 0 Å². The van der Waals surface area contributed by atoms with Crippen molar-refractivity contribution in [2.24, 2.45) is 5.92 Å². The van der Waals surface area contributed by atoms with E-state index >= 15 is 0 Å². The maximum atomic E-state index is 5.80. The van der Waals surface area contributed by atoms with Crippen molar-refractivity contribution >= 4 is 0 Å². The summed E-state index contributed by atoms with van der Waals surface area (Å²) in [4.78, 5) is 0. The Morgan fingerprint density at radius 1 is 1.06 bits per heavy atom. The summed E-state index contributed by atoms with van der Waals surface area (Å²) in [6.07, 6.45) is 0.173. The normalized spacial score (nSPS) is 14.9. The van der Waals surface area contributed by atoms with Crippen LogP contribution in [0.2, 0.25) is 0 Å². The summed E-state index contributed by atoms with van der Waals surface area (Å²) >= 11 is 0. The highest BCUT2D eigenvalue weighted by molar-refractivity contribution is 5.16. The predicted molar refractivity (Wildman–Crippen MR) is 73.1 cm³/mol. The SMILES string of the molecule is CC(OCCNC(C)C(C)C)c1ccccc1. The van der Waals surface area contributed by atoms with Crippen molar-refractivity contribution in [2.75, 3.05) is 13.2 Å². The lowest BCUT2D eigenvalue weighted by Gasteiger charge is -2.19. The van der Waals surface area contributed by atoms with Crippen LogP contribution in [-0.2, 0) is 4.74 Å². The highest BCUT2D eigenvalue weighted by Gasteiger charge is 2.07. The first-order valence-electron chi connectivity index (χ1n) is 6.51. The molecule has 1 rings (SSSR count). The fraction of sp³-hybridized carbons (Fsp3) is 0.600. The van der Waals surface area contributed by atoms with Gasteiger partial charge in [0, 0.05) is 12.6 Å². The van der Waals surface area contributed by atoms with Crippen LogP contribution in [0.15, 0.2) is 30.3 Å². The molecule has 0 heterocycles. The lowest BCUT2D eigenvalue weighted by molar-refractivity contribution is 0.0659. The fourth-order valence-electron chi connectivity index (χ4n) is 1.58. The zero-order valence-corrected chi connectivity index (χ0v) is 11.4. The molecule has 0 bridgehead atoms. The van der Waals surface area contributed by atoms with E-state index < -0.39 is 0 Å². The van der Waals surface area contributed by atoms with Gasteiger partial charge in [-0.1, -0.05) is 44.2 Å². The van der Waals surface area contributed by atoms with Gasteiger partial charge in [0.2, 0.25) is 0 Å². The molecule has 0 fully saturated rings. The van der Waals surface area contributed by atoms with E-state index in [1.807, 2.05) is 18.2 Å². The highest BCUT2D eigenvalue weighted by Crippen LogP contribution is 2.15. The molecule has 0 aromatic heterocycles. The molecule has 2 unspecified atom stereocenters. The summed E-state index contributed by atoms with van der Waals surface area (Å²) in [6.45, 7) is 10.4. The highest BCUT2D eigenvalue weighted by atomic mass is 16.5. The second-order valence-electron chi connectivity index (χ2n) is 4.91. The van der Waals surface area contributed by atoms with Gasteiger partial charge in [0.1, 0.15) is 0 Å². The Morgan fingerprint density at radius 3 is 2.29 bits per heavy atom. The minimum atomic E-state index is 0.173. The van der Waals surface area contributed by atoms with E-state index in [1.54, 1.807) is 0 Å². The molecule has 1 N–H and O–H groups in total. The minimum Gasteiger partial charge on any atom is -0.373 e. The molecule has 1 aromatic rings. The smallest absolute Gasteiger partial charge is 0.0797 e. The van der Waals surface area contributed by atoms with E-state index in [1.165, 1.54) is 5.56 Å². The van der Waals surface area contributed by atoms with E-state index in [9.17, 15) is 0 Å². The van der Waals surface area contributed by atoms with Crippen LogP contribution in [-0.4, -0.2) is 19.2 Å². The quantitative estimate of drug-likeness (QED) is 0.731.